The summed E-state index contributed by atoms with van der Waals surface area (Å²) in [6.07, 6.45) is 1.70. The van der Waals surface area contributed by atoms with Gasteiger partial charge in [0.25, 0.3) is 0 Å². The quantitative estimate of drug-likeness (QED) is 0.625. The molecule has 2 aromatic heterocycles. The van der Waals surface area contributed by atoms with Gasteiger partial charge in [0.2, 0.25) is 10.0 Å². The molecule has 2 heterocycles. The van der Waals surface area contributed by atoms with E-state index in [2.05, 4.69) is 10.2 Å². The number of benzene rings is 1. The lowest BCUT2D eigenvalue weighted by atomic mass is 10.2. The molecule has 0 aliphatic rings. The molecular weight excluding hydrogens is 362 g/mol. The molecule has 0 aliphatic carbocycles. The summed E-state index contributed by atoms with van der Waals surface area (Å²) in [6.45, 7) is 6.72. The van der Waals surface area contributed by atoms with Crippen LogP contribution in [-0.4, -0.2) is 32.3 Å². The smallest absolute Gasteiger partial charge is 0.247 e. The molecular formula is C19H25N5O2S. The van der Waals surface area contributed by atoms with E-state index in [-0.39, 0.29) is 18.0 Å². The Kier molecular flexibility index (Phi) is 5.48. The van der Waals surface area contributed by atoms with E-state index in [1.165, 1.54) is 4.31 Å². The zero-order valence-electron chi connectivity index (χ0n) is 16.1. The lowest BCUT2D eigenvalue weighted by molar-refractivity contribution is 0.386. The molecule has 0 aliphatic heterocycles. The Morgan fingerprint density at radius 2 is 1.78 bits per heavy atom. The summed E-state index contributed by atoms with van der Waals surface area (Å²) in [5.74, 6) is 0. The van der Waals surface area contributed by atoms with Gasteiger partial charge in [0, 0.05) is 26.3 Å². The maximum atomic E-state index is 13.6. The Hall–Kier alpha value is -2.45. The summed E-state index contributed by atoms with van der Waals surface area (Å²) in [5.41, 5.74) is 2.94. The first-order valence-corrected chi connectivity index (χ1v) is 10.3. The Balaban J connectivity index is 2.05. The highest BCUT2D eigenvalue weighted by molar-refractivity contribution is 7.89. The highest BCUT2D eigenvalue weighted by Gasteiger charge is 2.31. The van der Waals surface area contributed by atoms with Crippen LogP contribution in [0.4, 0.5) is 0 Å². The molecule has 0 spiro atoms. The van der Waals surface area contributed by atoms with Gasteiger partial charge in [-0.25, -0.2) is 8.42 Å². The molecule has 0 unspecified atom stereocenters. The Morgan fingerprint density at radius 1 is 1.07 bits per heavy atom. The molecule has 0 amide bonds. The lowest BCUT2D eigenvalue weighted by Crippen LogP contribution is -2.32. The van der Waals surface area contributed by atoms with Gasteiger partial charge in [0.1, 0.15) is 4.90 Å². The van der Waals surface area contributed by atoms with Gasteiger partial charge in [-0.15, -0.1) is 0 Å². The van der Waals surface area contributed by atoms with Gasteiger partial charge in [-0.2, -0.15) is 14.5 Å². The van der Waals surface area contributed by atoms with Crippen LogP contribution in [0.3, 0.4) is 0 Å². The predicted octanol–water partition coefficient (Wildman–Crippen LogP) is 2.64. The van der Waals surface area contributed by atoms with Gasteiger partial charge >= 0.3 is 0 Å². The van der Waals surface area contributed by atoms with Crippen molar-refractivity contribution < 1.29 is 8.42 Å². The van der Waals surface area contributed by atoms with Crippen molar-refractivity contribution in [1.82, 2.24) is 23.9 Å². The SMILES string of the molecule is CCn1nccc1CN(Cc1ccccc1)S(=O)(=O)c1c(C)nn(C)c1C. The van der Waals surface area contributed by atoms with E-state index in [0.29, 0.717) is 17.9 Å². The summed E-state index contributed by atoms with van der Waals surface area (Å²) in [5, 5.41) is 8.56. The number of hydrogen-bond donors (Lipinski definition) is 0. The zero-order valence-corrected chi connectivity index (χ0v) is 16.9. The van der Waals surface area contributed by atoms with Crippen molar-refractivity contribution in [2.45, 2.75) is 45.3 Å². The summed E-state index contributed by atoms with van der Waals surface area (Å²) in [7, 11) is -1.97. The fourth-order valence-electron chi connectivity index (χ4n) is 3.23. The van der Waals surface area contributed by atoms with Crippen LogP contribution in [0.5, 0.6) is 0 Å². The first kappa shape index (κ1) is 19.3. The second-order valence-corrected chi connectivity index (χ2v) is 8.40. The molecule has 0 saturated heterocycles. The number of hydrogen-bond acceptors (Lipinski definition) is 4. The molecule has 0 radical (unpaired) electrons. The average Bonchev–Trinajstić information content (AvgIpc) is 3.19. The molecule has 144 valence electrons. The summed E-state index contributed by atoms with van der Waals surface area (Å²) < 4.78 is 32.0. The Morgan fingerprint density at radius 3 is 2.37 bits per heavy atom. The third-order valence-electron chi connectivity index (χ3n) is 4.68. The van der Waals surface area contributed by atoms with Crippen molar-refractivity contribution >= 4 is 10.0 Å². The number of nitrogens with zero attached hydrogens (tertiary/aromatic N) is 5. The predicted molar refractivity (Wildman–Crippen MR) is 103 cm³/mol. The van der Waals surface area contributed by atoms with Gasteiger partial charge in [-0.05, 0) is 32.4 Å². The number of aromatic nitrogens is 4. The maximum absolute atomic E-state index is 13.6. The van der Waals surface area contributed by atoms with Crippen LogP contribution in [0.1, 0.15) is 29.6 Å². The molecule has 8 heteroatoms. The first-order chi connectivity index (χ1) is 12.8. The lowest BCUT2D eigenvalue weighted by Gasteiger charge is -2.23. The third kappa shape index (κ3) is 3.81. The molecule has 3 rings (SSSR count). The molecule has 0 N–H and O–H groups in total. The fourth-order valence-corrected chi connectivity index (χ4v) is 5.03. The standard InChI is InChI=1S/C19H25N5O2S/c1-5-24-18(11-12-20-24)14-23(13-17-9-7-6-8-10-17)27(25,26)19-15(2)21-22(4)16(19)3/h6-12H,5,13-14H2,1-4H3. The van der Waals surface area contributed by atoms with Crippen LogP contribution in [0.2, 0.25) is 0 Å². The fraction of sp³-hybridized carbons (Fsp3) is 0.368. The van der Waals surface area contributed by atoms with E-state index in [0.717, 1.165) is 11.3 Å². The van der Waals surface area contributed by atoms with E-state index in [9.17, 15) is 8.42 Å². The number of rotatable bonds is 7. The van der Waals surface area contributed by atoms with Crippen molar-refractivity contribution in [2.75, 3.05) is 0 Å². The maximum Gasteiger partial charge on any atom is 0.247 e. The Labute approximate surface area is 160 Å². The van der Waals surface area contributed by atoms with Crippen molar-refractivity contribution in [3.63, 3.8) is 0 Å². The van der Waals surface area contributed by atoms with Crippen molar-refractivity contribution in [3.05, 3.63) is 65.2 Å². The van der Waals surface area contributed by atoms with Crippen LogP contribution < -0.4 is 0 Å². The van der Waals surface area contributed by atoms with Gasteiger partial charge in [0.15, 0.2) is 0 Å². The number of sulfonamides is 1. The molecule has 1 aromatic carbocycles. The molecule has 0 fully saturated rings. The van der Waals surface area contributed by atoms with E-state index in [1.807, 2.05) is 48.0 Å². The van der Waals surface area contributed by atoms with Crippen molar-refractivity contribution in [1.29, 1.82) is 0 Å². The normalized spacial score (nSPS) is 12.0. The van der Waals surface area contributed by atoms with Crippen LogP contribution in [-0.2, 0) is 36.7 Å². The topological polar surface area (TPSA) is 73.0 Å². The second-order valence-electron chi connectivity index (χ2n) is 6.52. The van der Waals surface area contributed by atoms with Gasteiger partial charge in [0.05, 0.1) is 23.6 Å². The minimum Gasteiger partial charge on any atom is -0.271 e. The largest absolute Gasteiger partial charge is 0.271 e. The van der Waals surface area contributed by atoms with Crippen molar-refractivity contribution in [2.24, 2.45) is 7.05 Å². The second kappa shape index (κ2) is 7.66. The average molecular weight is 388 g/mol. The summed E-state index contributed by atoms with van der Waals surface area (Å²) in [4.78, 5) is 0.281. The highest BCUT2D eigenvalue weighted by atomic mass is 32.2. The molecule has 7 nitrogen and oxygen atoms in total. The van der Waals surface area contributed by atoms with Gasteiger partial charge < -0.3 is 0 Å². The first-order valence-electron chi connectivity index (χ1n) is 8.89. The van der Waals surface area contributed by atoms with Crippen LogP contribution in [0.15, 0.2) is 47.5 Å². The van der Waals surface area contributed by atoms with E-state index >= 15 is 0 Å². The summed E-state index contributed by atoms with van der Waals surface area (Å²) in [6, 6.07) is 11.5. The zero-order chi connectivity index (χ0) is 19.6. The van der Waals surface area contributed by atoms with Gasteiger partial charge in [-0.3, -0.25) is 9.36 Å². The van der Waals surface area contributed by atoms with E-state index < -0.39 is 10.0 Å². The van der Waals surface area contributed by atoms with Crippen LogP contribution in [0.25, 0.3) is 0 Å². The number of aryl methyl sites for hydroxylation is 3. The monoisotopic (exact) mass is 387 g/mol. The summed E-state index contributed by atoms with van der Waals surface area (Å²) >= 11 is 0. The molecule has 3 aromatic rings. The molecule has 27 heavy (non-hydrogen) atoms. The minimum atomic E-state index is -3.73. The van der Waals surface area contributed by atoms with E-state index in [1.54, 1.807) is 31.8 Å². The van der Waals surface area contributed by atoms with Crippen LogP contribution in [0, 0.1) is 13.8 Å². The Bertz CT molecular complexity index is 1020. The van der Waals surface area contributed by atoms with Crippen LogP contribution >= 0.6 is 0 Å². The van der Waals surface area contributed by atoms with Crippen molar-refractivity contribution in [3.8, 4) is 0 Å². The highest BCUT2D eigenvalue weighted by Crippen LogP contribution is 2.26. The third-order valence-corrected chi connectivity index (χ3v) is 6.73. The van der Waals surface area contributed by atoms with E-state index in [4.69, 9.17) is 0 Å². The van der Waals surface area contributed by atoms with Gasteiger partial charge in [-0.1, -0.05) is 30.3 Å². The molecule has 0 atom stereocenters. The minimum absolute atomic E-state index is 0.249. The molecule has 0 saturated carbocycles. The molecule has 0 bridgehead atoms.